The average Bonchev–Trinajstić information content (AvgIpc) is 3.01. The van der Waals surface area contributed by atoms with Crippen LogP contribution in [0.5, 0.6) is 0 Å². The average molecular weight is 326 g/mol. The molecule has 2 rings (SSSR count). The van der Waals surface area contributed by atoms with Gasteiger partial charge in [-0.15, -0.1) is 0 Å². The van der Waals surface area contributed by atoms with Crippen LogP contribution >= 0.6 is 11.6 Å². The highest BCUT2D eigenvalue weighted by molar-refractivity contribution is 6.30. The summed E-state index contributed by atoms with van der Waals surface area (Å²) in [6, 6.07) is 4.85. The Morgan fingerprint density at radius 2 is 2.18 bits per heavy atom. The van der Waals surface area contributed by atoms with Crippen LogP contribution in [0.4, 0.5) is 0 Å². The molecule has 0 aliphatic carbocycles. The molecule has 1 aliphatic heterocycles. The minimum absolute atomic E-state index is 0.220. The number of aliphatic hydroxyl groups is 1. The van der Waals surface area contributed by atoms with Gasteiger partial charge in [0.1, 0.15) is 12.6 Å². The summed E-state index contributed by atoms with van der Waals surface area (Å²) in [5, 5.41) is 12.4. The number of rotatable bonds is 5. The molecule has 1 aromatic carbocycles. The maximum absolute atomic E-state index is 12.3. The lowest BCUT2D eigenvalue weighted by atomic mass is 10.1. The van der Waals surface area contributed by atoms with Crippen molar-refractivity contribution in [3.8, 4) is 0 Å². The van der Waals surface area contributed by atoms with Gasteiger partial charge in [-0.2, -0.15) is 0 Å². The minimum atomic E-state index is -0.574. The molecule has 0 radical (unpaired) electrons. The number of hydrogen-bond acceptors (Lipinski definition) is 4. The van der Waals surface area contributed by atoms with Gasteiger partial charge in [-0.1, -0.05) is 17.7 Å². The Kier molecular flexibility index (Phi) is 5.76. The number of carbonyl (C=O) groups excluding carboxylic acids is 2. The van der Waals surface area contributed by atoms with Gasteiger partial charge in [0.05, 0.1) is 0 Å². The van der Waals surface area contributed by atoms with Gasteiger partial charge >= 0.3 is 0 Å². The topological polar surface area (TPSA) is 95.7 Å². The second kappa shape index (κ2) is 7.58. The van der Waals surface area contributed by atoms with Crippen molar-refractivity contribution in [2.75, 3.05) is 13.2 Å². The molecular weight excluding hydrogens is 306 g/mol. The number of nitrogens with zero attached hydrogens (tertiary/aromatic N) is 1. The summed E-state index contributed by atoms with van der Waals surface area (Å²) in [6.07, 6.45) is 1.37. The second-order valence-corrected chi connectivity index (χ2v) is 5.67. The quantitative estimate of drug-likeness (QED) is 0.730. The van der Waals surface area contributed by atoms with E-state index >= 15 is 0 Å². The summed E-state index contributed by atoms with van der Waals surface area (Å²) in [5.41, 5.74) is 7.45. The predicted molar refractivity (Wildman–Crippen MR) is 83.0 cm³/mol. The first-order valence-corrected chi connectivity index (χ1v) is 7.60. The number of likely N-dealkylation sites (tertiary alicyclic amines) is 1. The SMILES string of the molecule is NCc1ccc(Cl)cc1CNC(=O)[C@@H]1CCCN1C(=O)CO. The van der Waals surface area contributed by atoms with Crippen LogP contribution < -0.4 is 11.1 Å². The van der Waals surface area contributed by atoms with E-state index in [-0.39, 0.29) is 5.91 Å². The first-order chi connectivity index (χ1) is 10.6. The molecule has 1 aliphatic rings. The fraction of sp³-hybridized carbons (Fsp3) is 0.467. The zero-order valence-corrected chi connectivity index (χ0v) is 13.0. The number of halogens is 1. The van der Waals surface area contributed by atoms with Crippen LogP contribution in [0.2, 0.25) is 5.02 Å². The number of hydrogen-bond donors (Lipinski definition) is 3. The van der Waals surface area contributed by atoms with Crippen LogP contribution in [0.25, 0.3) is 0 Å². The lowest BCUT2D eigenvalue weighted by molar-refractivity contribution is -0.140. The summed E-state index contributed by atoms with van der Waals surface area (Å²) in [5.74, 6) is -0.634. The summed E-state index contributed by atoms with van der Waals surface area (Å²) in [6.45, 7) is 0.600. The van der Waals surface area contributed by atoms with Crippen molar-refractivity contribution >= 4 is 23.4 Å². The fourth-order valence-electron chi connectivity index (χ4n) is 2.69. The third-order valence-electron chi connectivity index (χ3n) is 3.85. The normalized spacial score (nSPS) is 17.6. The second-order valence-electron chi connectivity index (χ2n) is 5.24. The molecule has 0 saturated carbocycles. The molecule has 0 unspecified atom stereocenters. The Morgan fingerprint density at radius 1 is 1.41 bits per heavy atom. The number of carbonyl (C=O) groups is 2. The highest BCUT2D eigenvalue weighted by atomic mass is 35.5. The van der Waals surface area contributed by atoms with Gasteiger partial charge in [-0.3, -0.25) is 9.59 Å². The van der Waals surface area contributed by atoms with Crippen LogP contribution in [0.1, 0.15) is 24.0 Å². The molecule has 6 nitrogen and oxygen atoms in total. The highest BCUT2D eigenvalue weighted by Gasteiger charge is 2.33. The molecule has 1 atom stereocenters. The van der Waals surface area contributed by atoms with Crippen molar-refractivity contribution in [3.05, 3.63) is 34.3 Å². The largest absolute Gasteiger partial charge is 0.387 e. The molecule has 1 fully saturated rings. The summed E-state index contributed by atoms with van der Waals surface area (Å²) >= 11 is 5.97. The molecule has 22 heavy (non-hydrogen) atoms. The number of benzene rings is 1. The molecule has 120 valence electrons. The van der Waals surface area contributed by atoms with E-state index in [0.717, 1.165) is 17.5 Å². The molecule has 0 spiro atoms. The first-order valence-electron chi connectivity index (χ1n) is 7.22. The third kappa shape index (κ3) is 3.76. The highest BCUT2D eigenvalue weighted by Crippen LogP contribution is 2.19. The number of nitrogens with one attached hydrogen (secondary N) is 1. The monoisotopic (exact) mass is 325 g/mol. The number of amides is 2. The van der Waals surface area contributed by atoms with Crippen molar-refractivity contribution in [1.29, 1.82) is 0 Å². The Hall–Kier alpha value is -1.63. The van der Waals surface area contributed by atoms with E-state index in [1.165, 1.54) is 4.90 Å². The van der Waals surface area contributed by atoms with Crippen LogP contribution in [-0.2, 0) is 22.7 Å². The van der Waals surface area contributed by atoms with Crippen LogP contribution in [-0.4, -0.2) is 41.0 Å². The Balaban J connectivity index is 2.01. The lowest BCUT2D eigenvalue weighted by Gasteiger charge is -2.23. The van der Waals surface area contributed by atoms with Crippen molar-refractivity contribution in [1.82, 2.24) is 10.2 Å². The van der Waals surface area contributed by atoms with E-state index in [9.17, 15) is 9.59 Å². The van der Waals surface area contributed by atoms with Crippen LogP contribution in [0.3, 0.4) is 0 Å². The molecule has 2 amide bonds. The molecular formula is C15H20ClN3O3. The Morgan fingerprint density at radius 3 is 2.86 bits per heavy atom. The van der Waals surface area contributed by atoms with Gasteiger partial charge < -0.3 is 21.1 Å². The van der Waals surface area contributed by atoms with E-state index in [0.29, 0.717) is 31.1 Å². The van der Waals surface area contributed by atoms with Crippen molar-refractivity contribution in [2.45, 2.75) is 32.0 Å². The fourth-order valence-corrected chi connectivity index (χ4v) is 2.88. The zero-order valence-electron chi connectivity index (χ0n) is 12.2. The third-order valence-corrected chi connectivity index (χ3v) is 4.09. The van der Waals surface area contributed by atoms with Gasteiger partial charge in [0, 0.05) is 24.7 Å². The van der Waals surface area contributed by atoms with Crippen molar-refractivity contribution in [3.63, 3.8) is 0 Å². The van der Waals surface area contributed by atoms with Crippen molar-refractivity contribution < 1.29 is 14.7 Å². The summed E-state index contributed by atoms with van der Waals surface area (Å²) < 4.78 is 0. The van der Waals surface area contributed by atoms with E-state index in [2.05, 4.69) is 5.32 Å². The predicted octanol–water partition coefficient (Wildman–Crippen LogP) is 0.398. The molecule has 1 heterocycles. The van der Waals surface area contributed by atoms with Crippen LogP contribution in [0, 0.1) is 0 Å². The van der Waals surface area contributed by atoms with Gasteiger partial charge in [0.15, 0.2) is 0 Å². The summed E-state index contributed by atoms with van der Waals surface area (Å²) in [4.78, 5) is 25.3. The lowest BCUT2D eigenvalue weighted by Crippen LogP contribution is -2.46. The smallest absolute Gasteiger partial charge is 0.248 e. The van der Waals surface area contributed by atoms with E-state index in [1.807, 2.05) is 6.07 Å². The number of nitrogens with two attached hydrogens (primary N) is 1. The number of aliphatic hydroxyl groups excluding tert-OH is 1. The maximum atomic E-state index is 12.3. The molecule has 1 aromatic rings. The first kappa shape index (κ1) is 16.7. The van der Waals surface area contributed by atoms with E-state index in [4.69, 9.17) is 22.4 Å². The summed E-state index contributed by atoms with van der Waals surface area (Å²) in [7, 11) is 0. The van der Waals surface area contributed by atoms with Crippen LogP contribution in [0.15, 0.2) is 18.2 Å². The Labute approximate surface area is 134 Å². The van der Waals surface area contributed by atoms with Gasteiger partial charge in [-0.25, -0.2) is 0 Å². The standard InChI is InChI=1S/C15H20ClN3O3/c16-12-4-3-10(7-17)11(6-12)8-18-15(22)13-2-1-5-19(13)14(21)9-20/h3-4,6,13,20H,1-2,5,7-9,17H2,(H,18,22)/t13-/m0/s1. The molecule has 7 heteroatoms. The molecule has 1 saturated heterocycles. The molecule has 4 N–H and O–H groups in total. The maximum Gasteiger partial charge on any atom is 0.248 e. The molecule has 0 bridgehead atoms. The van der Waals surface area contributed by atoms with Crippen molar-refractivity contribution in [2.24, 2.45) is 5.73 Å². The zero-order chi connectivity index (χ0) is 16.1. The van der Waals surface area contributed by atoms with E-state index in [1.54, 1.807) is 12.1 Å². The van der Waals surface area contributed by atoms with Gasteiger partial charge in [0.25, 0.3) is 0 Å². The van der Waals surface area contributed by atoms with Gasteiger partial charge in [0.2, 0.25) is 11.8 Å². The van der Waals surface area contributed by atoms with E-state index < -0.39 is 18.6 Å². The Bertz CT molecular complexity index is 565. The van der Waals surface area contributed by atoms with Gasteiger partial charge in [-0.05, 0) is 36.1 Å². The minimum Gasteiger partial charge on any atom is -0.387 e. The molecule has 0 aromatic heterocycles.